The average Bonchev–Trinajstić information content (AvgIpc) is 2.29. The summed E-state index contributed by atoms with van der Waals surface area (Å²) in [6, 6.07) is 7.47. The Morgan fingerprint density at radius 3 is 2.80 bits per heavy atom. The number of nitrogens with one attached hydrogen (secondary N) is 1. The summed E-state index contributed by atoms with van der Waals surface area (Å²) in [6.45, 7) is 2.97. The van der Waals surface area contributed by atoms with Gasteiger partial charge >= 0.3 is 0 Å². The molecule has 0 bridgehead atoms. The number of hydrogen-bond donors (Lipinski definition) is 1. The largest absolute Gasteiger partial charge is 0.486 e. The van der Waals surface area contributed by atoms with Crippen molar-refractivity contribution in [3.8, 4) is 17.6 Å². The van der Waals surface area contributed by atoms with Crippen LogP contribution in [0, 0.1) is 11.3 Å². The van der Waals surface area contributed by atoms with E-state index in [2.05, 4.69) is 11.4 Å². The van der Waals surface area contributed by atoms with Crippen molar-refractivity contribution in [1.29, 1.82) is 5.26 Å². The maximum atomic E-state index is 8.67. The van der Waals surface area contributed by atoms with Crippen LogP contribution in [-0.4, -0.2) is 19.3 Å². The molecule has 0 radical (unpaired) electrons. The fraction of sp³-hybridized carbons (Fsp3) is 0.364. The number of benzene rings is 1. The van der Waals surface area contributed by atoms with Gasteiger partial charge in [-0.2, -0.15) is 5.26 Å². The van der Waals surface area contributed by atoms with E-state index in [4.69, 9.17) is 14.7 Å². The van der Waals surface area contributed by atoms with E-state index >= 15 is 0 Å². The highest BCUT2D eigenvalue weighted by atomic mass is 16.6. The molecule has 1 atom stereocenters. The molecule has 4 heteroatoms. The van der Waals surface area contributed by atoms with Crippen LogP contribution in [0.2, 0.25) is 0 Å². The highest BCUT2D eigenvalue weighted by Gasteiger charge is 2.12. The molecule has 1 N–H and O–H groups in total. The van der Waals surface area contributed by atoms with Crippen molar-refractivity contribution in [2.75, 3.05) is 18.5 Å². The Labute approximate surface area is 88.4 Å². The fourth-order valence-corrected chi connectivity index (χ4v) is 1.42. The van der Waals surface area contributed by atoms with Gasteiger partial charge in [-0.3, -0.25) is 0 Å². The predicted molar refractivity (Wildman–Crippen MR) is 56.1 cm³/mol. The molecule has 0 saturated heterocycles. The van der Waals surface area contributed by atoms with Gasteiger partial charge in [-0.15, -0.1) is 0 Å². The van der Waals surface area contributed by atoms with E-state index in [-0.39, 0.29) is 6.04 Å². The van der Waals surface area contributed by atoms with Crippen LogP contribution in [0.4, 0.5) is 5.69 Å². The zero-order valence-corrected chi connectivity index (χ0v) is 8.49. The standard InChI is InChI=1S/C11H12N2O2/c1-8(7-12)13-9-2-3-10-11(6-9)15-5-4-14-10/h2-3,6,8,13H,4-5H2,1H3. The van der Waals surface area contributed by atoms with Crippen molar-refractivity contribution in [2.24, 2.45) is 0 Å². The summed E-state index contributed by atoms with van der Waals surface area (Å²) in [4.78, 5) is 0. The number of nitriles is 1. The summed E-state index contributed by atoms with van der Waals surface area (Å²) in [7, 11) is 0. The van der Waals surface area contributed by atoms with Crippen LogP contribution >= 0.6 is 0 Å². The summed E-state index contributed by atoms with van der Waals surface area (Å²) in [5.41, 5.74) is 0.869. The minimum Gasteiger partial charge on any atom is -0.486 e. The molecule has 1 aliphatic heterocycles. The third kappa shape index (κ3) is 2.13. The molecule has 2 rings (SSSR count). The molecular formula is C11H12N2O2. The number of rotatable bonds is 2. The minimum absolute atomic E-state index is 0.215. The molecule has 0 saturated carbocycles. The third-order valence-electron chi connectivity index (χ3n) is 2.12. The van der Waals surface area contributed by atoms with Gasteiger partial charge in [0.15, 0.2) is 11.5 Å². The second kappa shape index (κ2) is 4.09. The highest BCUT2D eigenvalue weighted by molar-refractivity contribution is 5.56. The lowest BCUT2D eigenvalue weighted by molar-refractivity contribution is 0.171. The summed E-state index contributed by atoms with van der Waals surface area (Å²) < 4.78 is 10.8. The Hall–Kier alpha value is -1.89. The topological polar surface area (TPSA) is 54.3 Å². The summed E-state index contributed by atoms with van der Waals surface area (Å²) in [5, 5.41) is 11.7. The van der Waals surface area contributed by atoms with Gasteiger partial charge in [0.25, 0.3) is 0 Å². The molecule has 1 heterocycles. The molecule has 0 spiro atoms. The van der Waals surface area contributed by atoms with Crippen LogP contribution in [0.1, 0.15) is 6.92 Å². The summed E-state index contributed by atoms with van der Waals surface area (Å²) in [6.07, 6.45) is 0. The molecule has 1 unspecified atom stereocenters. The molecule has 1 aromatic rings. The van der Waals surface area contributed by atoms with Crippen molar-refractivity contribution < 1.29 is 9.47 Å². The first kappa shape index (κ1) is 9.66. The van der Waals surface area contributed by atoms with E-state index in [0.717, 1.165) is 17.2 Å². The molecule has 78 valence electrons. The highest BCUT2D eigenvalue weighted by Crippen LogP contribution is 2.32. The second-order valence-corrected chi connectivity index (χ2v) is 3.35. The Morgan fingerprint density at radius 2 is 2.07 bits per heavy atom. The Kier molecular flexibility index (Phi) is 2.64. The van der Waals surface area contributed by atoms with Crippen molar-refractivity contribution in [2.45, 2.75) is 13.0 Å². The number of anilines is 1. The van der Waals surface area contributed by atoms with E-state index in [1.165, 1.54) is 0 Å². The van der Waals surface area contributed by atoms with Gasteiger partial charge in [0.1, 0.15) is 19.3 Å². The van der Waals surface area contributed by atoms with Crippen molar-refractivity contribution in [3.05, 3.63) is 18.2 Å². The predicted octanol–water partition coefficient (Wildman–Crippen LogP) is 1.78. The number of nitrogens with zero attached hydrogens (tertiary/aromatic N) is 1. The van der Waals surface area contributed by atoms with Gasteiger partial charge in [-0.1, -0.05) is 0 Å². The molecule has 4 nitrogen and oxygen atoms in total. The molecule has 0 aromatic heterocycles. The Bertz CT molecular complexity index is 398. The molecule has 1 aliphatic rings. The second-order valence-electron chi connectivity index (χ2n) is 3.35. The average molecular weight is 204 g/mol. The zero-order valence-electron chi connectivity index (χ0n) is 8.49. The number of hydrogen-bond acceptors (Lipinski definition) is 4. The van der Waals surface area contributed by atoms with Gasteiger partial charge in [0, 0.05) is 11.8 Å². The molecule has 0 fully saturated rings. The monoisotopic (exact) mass is 204 g/mol. The number of fused-ring (bicyclic) bond motifs is 1. The number of ether oxygens (including phenoxy) is 2. The first-order valence-corrected chi connectivity index (χ1v) is 4.85. The van der Waals surface area contributed by atoms with Crippen molar-refractivity contribution in [1.82, 2.24) is 0 Å². The molecule has 15 heavy (non-hydrogen) atoms. The van der Waals surface area contributed by atoms with Crippen LogP contribution < -0.4 is 14.8 Å². The van der Waals surface area contributed by atoms with Crippen molar-refractivity contribution in [3.63, 3.8) is 0 Å². The van der Waals surface area contributed by atoms with Gasteiger partial charge in [-0.25, -0.2) is 0 Å². The van der Waals surface area contributed by atoms with Gasteiger partial charge in [-0.05, 0) is 19.1 Å². The van der Waals surface area contributed by atoms with Crippen LogP contribution in [0.3, 0.4) is 0 Å². The van der Waals surface area contributed by atoms with Crippen LogP contribution in [0.5, 0.6) is 11.5 Å². The normalized spacial score (nSPS) is 15.2. The van der Waals surface area contributed by atoms with E-state index in [0.29, 0.717) is 13.2 Å². The first-order chi connectivity index (χ1) is 7.29. The maximum absolute atomic E-state index is 8.67. The molecule has 1 aromatic carbocycles. The first-order valence-electron chi connectivity index (χ1n) is 4.85. The lowest BCUT2D eigenvalue weighted by Gasteiger charge is -2.19. The molecular weight excluding hydrogens is 192 g/mol. The Balaban J connectivity index is 2.18. The summed E-state index contributed by atoms with van der Waals surface area (Å²) in [5.74, 6) is 1.49. The maximum Gasteiger partial charge on any atom is 0.163 e. The molecule has 0 aliphatic carbocycles. The van der Waals surface area contributed by atoms with E-state index in [1.807, 2.05) is 18.2 Å². The SMILES string of the molecule is CC(C#N)Nc1ccc2c(c1)OCCO2. The van der Waals surface area contributed by atoms with Crippen molar-refractivity contribution >= 4 is 5.69 Å². The lowest BCUT2D eigenvalue weighted by Crippen LogP contribution is -2.16. The van der Waals surface area contributed by atoms with E-state index in [1.54, 1.807) is 6.92 Å². The fourth-order valence-electron chi connectivity index (χ4n) is 1.42. The van der Waals surface area contributed by atoms with Crippen LogP contribution in [0.25, 0.3) is 0 Å². The molecule has 0 amide bonds. The van der Waals surface area contributed by atoms with E-state index < -0.39 is 0 Å². The smallest absolute Gasteiger partial charge is 0.163 e. The summed E-state index contributed by atoms with van der Waals surface area (Å²) >= 11 is 0. The van der Waals surface area contributed by atoms with Gasteiger partial charge < -0.3 is 14.8 Å². The minimum atomic E-state index is -0.215. The Morgan fingerprint density at radius 1 is 1.33 bits per heavy atom. The lowest BCUT2D eigenvalue weighted by atomic mass is 10.2. The zero-order chi connectivity index (χ0) is 10.7. The van der Waals surface area contributed by atoms with E-state index in [9.17, 15) is 0 Å². The van der Waals surface area contributed by atoms with Gasteiger partial charge in [0.05, 0.1) is 6.07 Å². The van der Waals surface area contributed by atoms with Gasteiger partial charge in [0.2, 0.25) is 0 Å². The third-order valence-corrected chi connectivity index (χ3v) is 2.12. The van der Waals surface area contributed by atoms with Crippen LogP contribution in [-0.2, 0) is 0 Å². The quantitative estimate of drug-likeness (QED) is 0.797. The van der Waals surface area contributed by atoms with Crippen LogP contribution in [0.15, 0.2) is 18.2 Å².